The number of ketones is 1. The third-order valence-corrected chi connectivity index (χ3v) is 7.00. The van der Waals surface area contributed by atoms with E-state index >= 15 is 0 Å². The number of aryl methyl sites for hydroxylation is 1. The van der Waals surface area contributed by atoms with Crippen molar-refractivity contribution in [2.24, 2.45) is 17.8 Å². The Hall–Kier alpha value is -1.09. The Bertz CT molecular complexity index is 628. The van der Waals surface area contributed by atoms with Crippen LogP contribution >= 0.6 is 0 Å². The lowest BCUT2D eigenvalue weighted by molar-refractivity contribution is 0.0581. The van der Waals surface area contributed by atoms with Crippen LogP contribution in [0, 0.1) is 17.8 Å². The second kappa shape index (κ2) is 5.47. The van der Waals surface area contributed by atoms with Crippen molar-refractivity contribution < 1.29 is 4.79 Å². The van der Waals surface area contributed by atoms with Crippen LogP contribution < -0.4 is 0 Å². The molecule has 0 bridgehead atoms. The van der Waals surface area contributed by atoms with E-state index in [1.54, 1.807) is 0 Å². The topological polar surface area (TPSA) is 36.1 Å². The Labute approximate surface area is 138 Å². The largest absolute Gasteiger partial charge is 0.361 e. The monoisotopic (exact) mass is 312 g/mol. The summed E-state index contributed by atoms with van der Waals surface area (Å²) in [5, 5.41) is 0. The molecule has 23 heavy (non-hydrogen) atoms. The zero-order valence-electron chi connectivity index (χ0n) is 14.1. The molecule has 0 amide bonds. The molecular formula is C20H28N2O. The molecule has 0 spiro atoms. The average molecular weight is 312 g/mol. The van der Waals surface area contributed by atoms with Gasteiger partial charge in [-0.15, -0.1) is 0 Å². The van der Waals surface area contributed by atoms with Crippen LogP contribution in [0.3, 0.4) is 0 Å². The summed E-state index contributed by atoms with van der Waals surface area (Å²) < 4.78 is 0. The van der Waals surface area contributed by atoms with Gasteiger partial charge < -0.3 is 9.88 Å². The first-order valence-electron chi connectivity index (χ1n) is 9.78. The number of fused-ring (bicyclic) bond motifs is 4. The number of rotatable bonds is 2. The van der Waals surface area contributed by atoms with Crippen LogP contribution in [0.15, 0.2) is 0 Å². The van der Waals surface area contributed by atoms with Crippen molar-refractivity contribution in [2.45, 2.75) is 57.8 Å². The summed E-state index contributed by atoms with van der Waals surface area (Å²) in [7, 11) is 0. The van der Waals surface area contributed by atoms with Crippen molar-refractivity contribution in [3.05, 3.63) is 22.5 Å². The van der Waals surface area contributed by atoms with Gasteiger partial charge in [0.1, 0.15) is 0 Å². The Kier molecular flexibility index (Phi) is 3.40. The molecule has 1 aliphatic heterocycles. The zero-order chi connectivity index (χ0) is 15.4. The van der Waals surface area contributed by atoms with Crippen LogP contribution in [-0.2, 0) is 19.3 Å². The summed E-state index contributed by atoms with van der Waals surface area (Å²) >= 11 is 0. The van der Waals surface area contributed by atoms with E-state index in [4.69, 9.17) is 0 Å². The number of hydrogen-bond donors (Lipinski definition) is 1. The third kappa shape index (κ3) is 2.31. The molecular weight excluding hydrogens is 284 g/mol. The highest BCUT2D eigenvalue weighted by molar-refractivity contribution is 6.02. The fraction of sp³-hybridized carbons (Fsp3) is 0.750. The van der Waals surface area contributed by atoms with Crippen LogP contribution in [0.4, 0.5) is 0 Å². The van der Waals surface area contributed by atoms with Gasteiger partial charge in [-0.3, -0.25) is 4.79 Å². The quantitative estimate of drug-likeness (QED) is 0.909. The number of nitrogens with zero attached hydrogens (tertiary/aromatic N) is 1. The maximum absolute atomic E-state index is 13.3. The molecule has 4 aliphatic rings. The van der Waals surface area contributed by atoms with Gasteiger partial charge in [0.25, 0.3) is 0 Å². The van der Waals surface area contributed by atoms with Gasteiger partial charge in [0.15, 0.2) is 5.78 Å². The number of piperidine rings is 1. The molecule has 0 aromatic carbocycles. The molecule has 1 aromatic rings. The Morgan fingerprint density at radius 1 is 1.04 bits per heavy atom. The van der Waals surface area contributed by atoms with Gasteiger partial charge in [0, 0.05) is 36.0 Å². The minimum Gasteiger partial charge on any atom is -0.361 e. The SMILES string of the molecule is O=C1c2c([nH]c3c2CCCC3)C[C@@H]2CCN(CC3CCC3)C[C@@H]12. The summed E-state index contributed by atoms with van der Waals surface area (Å²) in [6.07, 6.45) is 11.4. The maximum Gasteiger partial charge on any atom is 0.169 e. The van der Waals surface area contributed by atoms with E-state index < -0.39 is 0 Å². The third-order valence-electron chi connectivity index (χ3n) is 7.00. The van der Waals surface area contributed by atoms with Gasteiger partial charge in [-0.1, -0.05) is 6.42 Å². The normalized spacial score (nSPS) is 31.2. The zero-order valence-corrected chi connectivity index (χ0v) is 14.1. The Morgan fingerprint density at radius 2 is 1.91 bits per heavy atom. The molecule has 3 aliphatic carbocycles. The van der Waals surface area contributed by atoms with Crippen LogP contribution in [0.25, 0.3) is 0 Å². The first kappa shape index (κ1) is 14.3. The van der Waals surface area contributed by atoms with Crippen molar-refractivity contribution in [2.75, 3.05) is 19.6 Å². The summed E-state index contributed by atoms with van der Waals surface area (Å²) in [5.74, 6) is 2.26. The van der Waals surface area contributed by atoms with Gasteiger partial charge in [0.05, 0.1) is 0 Å². The van der Waals surface area contributed by atoms with Crippen molar-refractivity contribution in [3.8, 4) is 0 Å². The molecule has 3 heteroatoms. The minimum atomic E-state index is 0.276. The lowest BCUT2D eigenvalue weighted by atomic mass is 9.72. The van der Waals surface area contributed by atoms with Gasteiger partial charge in [0.2, 0.25) is 0 Å². The molecule has 2 fully saturated rings. The van der Waals surface area contributed by atoms with Crippen molar-refractivity contribution in [1.82, 2.24) is 9.88 Å². The number of H-pyrrole nitrogens is 1. The highest BCUT2D eigenvalue weighted by Crippen LogP contribution is 2.40. The van der Waals surface area contributed by atoms with Gasteiger partial charge in [-0.05, 0) is 75.3 Å². The predicted molar refractivity (Wildman–Crippen MR) is 90.8 cm³/mol. The number of carbonyl (C=O) groups is 1. The van der Waals surface area contributed by atoms with Crippen molar-refractivity contribution >= 4 is 5.78 Å². The second-order valence-corrected chi connectivity index (χ2v) is 8.42. The maximum atomic E-state index is 13.3. The molecule has 1 saturated heterocycles. The highest BCUT2D eigenvalue weighted by atomic mass is 16.1. The van der Waals surface area contributed by atoms with Crippen LogP contribution in [0.1, 0.15) is 65.8 Å². The number of Topliss-reactive ketones (excluding diaryl/α,β-unsaturated/α-hetero) is 1. The number of aromatic amines is 1. The first-order valence-corrected chi connectivity index (χ1v) is 9.78. The van der Waals surface area contributed by atoms with E-state index in [0.717, 1.165) is 37.3 Å². The molecule has 1 N–H and O–H groups in total. The Balaban J connectivity index is 1.39. The van der Waals surface area contributed by atoms with Crippen LogP contribution in [-0.4, -0.2) is 35.3 Å². The average Bonchev–Trinajstić information content (AvgIpc) is 2.90. The Morgan fingerprint density at radius 3 is 2.74 bits per heavy atom. The summed E-state index contributed by atoms with van der Waals surface area (Å²) in [6, 6.07) is 0. The second-order valence-electron chi connectivity index (χ2n) is 8.42. The predicted octanol–water partition coefficient (Wildman–Crippen LogP) is 3.37. The molecule has 2 heterocycles. The number of carbonyl (C=O) groups excluding carboxylic acids is 1. The van der Waals surface area contributed by atoms with Gasteiger partial charge in [-0.25, -0.2) is 0 Å². The molecule has 1 saturated carbocycles. The lowest BCUT2D eigenvalue weighted by Crippen LogP contribution is -2.48. The molecule has 3 nitrogen and oxygen atoms in total. The van der Waals surface area contributed by atoms with E-state index in [0.29, 0.717) is 11.7 Å². The number of nitrogens with one attached hydrogen (secondary N) is 1. The van der Waals surface area contributed by atoms with Gasteiger partial charge >= 0.3 is 0 Å². The number of hydrogen-bond acceptors (Lipinski definition) is 2. The first-order chi connectivity index (χ1) is 11.3. The fourth-order valence-electron chi connectivity index (χ4n) is 5.46. The number of likely N-dealkylation sites (tertiary alicyclic amines) is 1. The molecule has 0 radical (unpaired) electrons. The molecule has 1 aromatic heterocycles. The molecule has 0 unspecified atom stereocenters. The lowest BCUT2D eigenvalue weighted by Gasteiger charge is -2.42. The van der Waals surface area contributed by atoms with Gasteiger partial charge in [-0.2, -0.15) is 0 Å². The minimum absolute atomic E-state index is 0.276. The van der Waals surface area contributed by atoms with E-state index in [1.165, 1.54) is 68.6 Å². The van der Waals surface area contributed by atoms with Crippen LogP contribution in [0.2, 0.25) is 0 Å². The van der Waals surface area contributed by atoms with E-state index in [-0.39, 0.29) is 5.92 Å². The molecule has 5 rings (SSSR count). The smallest absolute Gasteiger partial charge is 0.169 e. The molecule has 124 valence electrons. The summed E-state index contributed by atoms with van der Waals surface area (Å²) in [6.45, 7) is 3.48. The van der Waals surface area contributed by atoms with Crippen molar-refractivity contribution in [3.63, 3.8) is 0 Å². The van der Waals surface area contributed by atoms with E-state index in [1.807, 2.05) is 0 Å². The van der Waals surface area contributed by atoms with E-state index in [9.17, 15) is 4.79 Å². The fourth-order valence-corrected chi connectivity index (χ4v) is 5.46. The van der Waals surface area contributed by atoms with Crippen LogP contribution in [0.5, 0.6) is 0 Å². The molecule has 2 atom stereocenters. The number of aromatic nitrogens is 1. The summed E-state index contributed by atoms with van der Waals surface area (Å²) in [4.78, 5) is 19.5. The summed E-state index contributed by atoms with van der Waals surface area (Å²) in [5.41, 5.74) is 5.20. The van der Waals surface area contributed by atoms with Crippen molar-refractivity contribution in [1.29, 1.82) is 0 Å². The van der Waals surface area contributed by atoms with E-state index in [2.05, 4.69) is 9.88 Å². The standard InChI is InChI=1S/C20H28N2O/c23-20-16-12-22(11-13-4-3-5-13)9-8-14(16)10-18-19(20)15-6-1-2-7-17(15)21-18/h13-14,16,21H,1-12H2/t14-,16+/m0/s1. The highest BCUT2D eigenvalue weighted by Gasteiger charge is 2.42.